The smallest absolute Gasteiger partial charge is 0.260 e. The lowest BCUT2D eigenvalue weighted by Gasteiger charge is -2.30. The Morgan fingerprint density at radius 2 is 2.32 bits per heavy atom. The van der Waals surface area contributed by atoms with E-state index in [1.54, 1.807) is 12.1 Å². The molecule has 4 atom stereocenters. The van der Waals surface area contributed by atoms with Gasteiger partial charge in [-0.25, -0.2) is 4.39 Å². The summed E-state index contributed by atoms with van der Waals surface area (Å²) in [5.74, 6) is 0.867. The van der Waals surface area contributed by atoms with Gasteiger partial charge in [-0.3, -0.25) is 4.79 Å². The second-order valence-corrected chi connectivity index (χ2v) is 7.81. The Morgan fingerprint density at radius 1 is 1.48 bits per heavy atom. The first-order valence-electron chi connectivity index (χ1n) is 8.95. The van der Waals surface area contributed by atoms with Crippen molar-refractivity contribution in [3.05, 3.63) is 30.1 Å². The van der Waals surface area contributed by atoms with Gasteiger partial charge in [0.05, 0.1) is 18.2 Å². The third kappa shape index (κ3) is 3.02. The molecule has 25 heavy (non-hydrogen) atoms. The third-order valence-corrected chi connectivity index (χ3v) is 5.87. The van der Waals surface area contributed by atoms with Gasteiger partial charge in [-0.2, -0.15) is 0 Å². The van der Waals surface area contributed by atoms with Crippen molar-refractivity contribution < 1.29 is 18.7 Å². The van der Waals surface area contributed by atoms with Crippen LogP contribution >= 0.6 is 0 Å². The maximum atomic E-state index is 13.2. The number of carbonyl (C=O) groups excluding carboxylic acids is 1. The molecule has 3 saturated heterocycles. The van der Waals surface area contributed by atoms with E-state index in [0.29, 0.717) is 30.2 Å². The molecule has 1 spiro atoms. The minimum absolute atomic E-state index is 0.0521. The number of ether oxygens (including phenoxy) is 2. The number of hydrogen-bond donors (Lipinski definition) is 0. The van der Waals surface area contributed by atoms with Crippen molar-refractivity contribution in [2.75, 3.05) is 40.3 Å². The van der Waals surface area contributed by atoms with E-state index in [9.17, 15) is 9.18 Å². The molecule has 2 bridgehead atoms. The standard InChI is InChI=1S/C19H25FN2O3/c1-21(2)9-15-16-10-22(12-19(16)7-6-17(15)25-19)18(23)11-24-14-5-3-4-13(20)8-14/h3-5,8,15-17H,6-7,9-12H2,1-2H3/t15-,16+,17+,19+/m0/s1. The summed E-state index contributed by atoms with van der Waals surface area (Å²) in [6.07, 6.45) is 2.48. The zero-order valence-corrected chi connectivity index (χ0v) is 14.8. The van der Waals surface area contributed by atoms with Crippen molar-refractivity contribution in [3.8, 4) is 5.75 Å². The fourth-order valence-electron chi connectivity index (χ4n) is 4.84. The predicted molar refractivity (Wildman–Crippen MR) is 90.8 cm³/mol. The molecule has 4 rings (SSSR count). The molecule has 3 aliphatic rings. The molecular formula is C19H25FN2O3. The molecule has 136 valence electrons. The van der Waals surface area contributed by atoms with Crippen LogP contribution in [-0.4, -0.2) is 67.7 Å². The van der Waals surface area contributed by atoms with E-state index in [-0.39, 0.29) is 23.9 Å². The zero-order chi connectivity index (χ0) is 17.6. The Balaban J connectivity index is 1.39. The SMILES string of the molecule is CN(C)C[C@H]1[C@H]2CN(C(=O)COc3cccc(F)c3)C[C@]23CC[C@H]1O3. The Morgan fingerprint density at radius 3 is 3.08 bits per heavy atom. The number of hydrogen-bond acceptors (Lipinski definition) is 4. The molecule has 1 aromatic carbocycles. The topological polar surface area (TPSA) is 42.0 Å². The van der Waals surface area contributed by atoms with Crippen LogP contribution in [0.3, 0.4) is 0 Å². The van der Waals surface area contributed by atoms with Gasteiger partial charge >= 0.3 is 0 Å². The van der Waals surface area contributed by atoms with Gasteiger partial charge in [0.15, 0.2) is 6.61 Å². The minimum Gasteiger partial charge on any atom is -0.484 e. The first-order valence-corrected chi connectivity index (χ1v) is 8.95. The number of fused-ring (bicyclic) bond motifs is 1. The van der Waals surface area contributed by atoms with Gasteiger partial charge in [0.2, 0.25) is 0 Å². The highest BCUT2D eigenvalue weighted by molar-refractivity contribution is 5.78. The summed E-state index contributed by atoms with van der Waals surface area (Å²) in [6, 6.07) is 5.88. The monoisotopic (exact) mass is 348 g/mol. The predicted octanol–water partition coefficient (Wildman–Crippen LogP) is 1.77. The molecule has 0 aliphatic carbocycles. The summed E-state index contributed by atoms with van der Waals surface area (Å²) in [7, 11) is 4.17. The second-order valence-electron chi connectivity index (χ2n) is 7.81. The lowest BCUT2D eigenvalue weighted by Crippen LogP contribution is -2.40. The summed E-state index contributed by atoms with van der Waals surface area (Å²) >= 11 is 0. The lowest BCUT2D eigenvalue weighted by molar-refractivity contribution is -0.133. The van der Waals surface area contributed by atoms with Gasteiger partial charge in [0, 0.05) is 31.0 Å². The molecular weight excluding hydrogens is 323 g/mol. The summed E-state index contributed by atoms with van der Waals surface area (Å²) in [5.41, 5.74) is -0.153. The maximum absolute atomic E-state index is 13.2. The van der Waals surface area contributed by atoms with Crippen LogP contribution in [0.1, 0.15) is 12.8 Å². The van der Waals surface area contributed by atoms with Gasteiger partial charge < -0.3 is 19.3 Å². The van der Waals surface area contributed by atoms with Crippen LogP contribution in [0.5, 0.6) is 5.75 Å². The van der Waals surface area contributed by atoms with Crippen molar-refractivity contribution in [2.45, 2.75) is 24.5 Å². The molecule has 0 unspecified atom stereocenters. The van der Waals surface area contributed by atoms with Gasteiger partial charge in [0.25, 0.3) is 5.91 Å². The number of likely N-dealkylation sites (tertiary alicyclic amines) is 1. The van der Waals surface area contributed by atoms with Gasteiger partial charge in [-0.05, 0) is 39.1 Å². The van der Waals surface area contributed by atoms with E-state index in [2.05, 4.69) is 19.0 Å². The lowest BCUT2D eigenvalue weighted by atomic mass is 9.73. The molecule has 0 aromatic heterocycles. The summed E-state index contributed by atoms with van der Waals surface area (Å²) in [4.78, 5) is 16.7. The van der Waals surface area contributed by atoms with Crippen molar-refractivity contribution in [1.29, 1.82) is 0 Å². The van der Waals surface area contributed by atoms with Crippen LogP contribution in [-0.2, 0) is 9.53 Å². The van der Waals surface area contributed by atoms with Crippen molar-refractivity contribution in [2.24, 2.45) is 11.8 Å². The van der Waals surface area contributed by atoms with E-state index in [1.165, 1.54) is 12.1 Å². The van der Waals surface area contributed by atoms with Gasteiger partial charge in [-0.1, -0.05) is 6.07 Å². The first kappa shape index (κ1) is 16.8. The van der Waals surface area contributed by atoms with E-state index in [1.807, 2.05) is 4.90 Å². The highest BCUT2D eigenvalue weighted by Gasteiger charge is 2.63. The van der Waals surface area contributed by atoms with Gasteiger partial charge in [0.1, 0.15) is 11.6 Å². The summed E-state index contributed by atoms with van der Waals surface area (Å²) in [6.45, 7) is 2.33. The average molecular weight is 348 g/mol. The van der Waals surface area contributed by atoms with E-state index in [0.717, 1.165) is 25.9 Å². The largest absolute Gasteiger partial charge is 0.484 e. The van der Waals surface area contributed by atoms with E-state index in [4.69, 9.17) is 9.47 Å². The molecule has 0 N–H and O–H groups in total. The molecule has 3 fully saturated rings. The molecule has 1 amide bonds. The Bertz CT molecular complexity index is 668. The van der Waals surface area contributed by atoms with Crippen LogP contribution < -0.4 is 4.74 Å². The molecule has 5 nitrogen and oxygen atoms in total. The Kier molecular flexibility index (Phi) is 4.20. The van der Waals surface area contributed by atoms with Gasteiger partial charge in [-0.15, -0.1) is 0 Å². The van der Waals surface area contributed by atoms with E-state index >= 15 is 0 Å². The number of nitrogens with zero attached hydrogens (tertiary/aromatic N) is 2. The number of benzene rings is 1. The van der Waals surface area contributed by atoms with Crippen LogP contribution in [0.4, 0.5) is 4.39 Å². The fourth-order valence-corrected chi connectivity index (χ4v) is 4.84. The van der Waals surface area contributed by atoms with E-state index < -0.39 is 0 Å². The number of halogens is 1. The Hall–Kier alpha value is -1.66. The van der Waals surface area contributed by atoms with Crippen molar-refractivity contribution >= 4 is 5.91 Å². The minimum atomic E-state index is -0.364. The normalized spacial score (nSPS) is 33.1. The molecule has 6 heteroatoms. The van der Waals surface area contributed by atoms with Crippen LogP contribution in [0.25, 0.3) is 0 Å². The molecule has 0 radical (unpaired) electrons. The second kappa shape index (κ2) is 6.25. The van der Waals surface area contributed by atoms with Crippen molar-refractivity contribution in [1.82, 2.24) is 9.80 Å². The van der Waals surface area contributed by atoms with Crippen molar-refractivity contribution in [3.63, 3.8) is 0 Å². The number of rotatable bonds is 5. The van der Waals surface area contributed by atoms with Crippen LogP contribution in [0.15, 0.2) is 24.3 Å². The third-order valence-electron chi connectivity index (χ3n) is 5.87. The highest BCUT2D eigenvalue weighted by Crippen LogP contribution is 2.54. The molecule has 3 heterocycles. The fraction of sp³-hybridized carbons (Fsp3) is 0.632. The number of amides is 1. The van der Waals surface area contributed by atoms with Crippen LogP contribution in [0, 0.1) is 17.7 Å². The summed E-state index contributed by atoms with van der Waals surface area (Å²) < 4.78 is 25.0. The quantitative estimate of drug-likeness (QED) is 0.813. The summed E-state index contributed by atoms with van der Waals surface area (Å²) in [5, 5.41) is 0. The van der Waals surface area contributed by atoms with Crippen LogP contribution in [0.2, 0.25) is 0 Å². The molecule has 3 aliphatic heterocycles. The zero-order valence-electron chi connectivity index (χ0n) is 14.8. The highest BCUT2D eigenvalue weighted by atomic mass is 19.1. The first-order chi connectivity index (χ1) is 12.0. The molecule has 0 saturated carbocycles. The number of carbonyl (C=O) groups is 1. The maximum Gasteiger partial charge on any atom is 0.260 e. The Labute approximate surface area is 147 Å². The molecule has 1 aromatic rings. The average Bonchev–Trinajstić information content (AvgIpc) is 3.22.